The maximum atomic E-state index is 13.2. The van der Waals surface area contributed by atoms with E-state index in [0.29, 0.717) is 24.3 Å². The van der Waals surface area contributed by atoms with Crippen LogP contribution < -0.4 is 5.32 Å². The van der Waals surface area contributed by atoms with Crippen LogP contribution in [0.2, 0.25) is 0 Å². The van der Waals surface area contributed by atoms with Crippen LogP contribution in [0.15, 0.2) is 18.3 Å². The third-order valence-electron chi connectivity index (χ3n) is 6.78. The second kappa shape index (κ2) is 6.93. The van der Waals surface area contributed by atoms with Gasteiger partial charge in [0, 0.05) is 48.3 Å². The molecule has 3 aromatic rings. The molecule has 2 amide bonds. The summed E-state index contributed by atoms with van der Waals surface area (Å²) < 4.78 is 1.80. The number of nitrogens with one attached hydrogen (secondary N) is 2. The van der Waals surface area contributed by atoms with Crippen molar-refractivity contribution in [3.05, 3.63) is 46.4 Å². The highest BCUT2D eigenvalue weighted by Crippen LogP contribution is 2.33. The van der Waals surface area contributed by atoms with E-state index in [9.17, 15) is 9.59 Å². The topological polar surface area (TPSA) is 95.9 Å². The molecule has 1 spiro atoms. The SMILES string of the molecule is Cc1[nH]nc2c(C)cc(C(=O)N3CCC4(CC3)Cc3cnn(C(C)C)c3C(=O)N4)cc12.[HH]. The average Bonchev–Trinajstić information content (AvgIpc) is 3.32. The van der Waals surface area contributed by atoms with Crippen molar-refractivity contribution in [2.45, 2.75) is 58.5 Å². The number of piperidine rings is 1. The van der Waals surface area contributed by atoms with Gasteiger partial charge in [0.2, 0.25) is 0 Å². The molecule has 0 saturated carbocycles. The highest BCUT2D eigenvalue weighted by Gasteiger charge is 2.43. The Labute approximate surface area is 182 Å². The number of amides is 2. The first-order chi connectivity index (χ1) is 14.8. The molecule has 8 heteroatoms. The number of carbonyl (C=O) groups is 2. The molecule has 0 aliphatic carbocycles. The fourth-order valence-corrected chi connectivity index (χ4v) is 5.04. The van der Waals surface area contributed by atoms with Crippen molar-refractivity contribution in [3.8, 4) is 0 Å². The van der Waals surface area contributed by atoms with E-state index >= 15 is 0 Å². The molecule has 2 N–H and O–H groups in total. The predicted molar refractivity (Wildman–Crippen MR) is 119 cm³/mol. The smallest absolute Gasteiger partial charge is 0.270 e. The van der Waals surface area contributed by atoms with Crippen molar-refractivity contribution >= 4 is 22.7 Å². The third kappa shape index (κ3) is 3.12. The number of hydrogen-bond acceptors (Lipinski definition) is 4. The summed E-state index contributed by atoms with van der Waals surface area (Å²) in [6.45, 7) is 9.24. The molecular formula is C23H30N6O2. The molecule has 2 aromatic heterocycles. The van der Waals surface area contributed by atoms with Gasteiger partial charge in [-0.2, -0.15) is 10.2 Å². The molecule has 1 saturated heterocycles. The summed E-state index contributed by atoms with van der Waals surface area (Å²) in [5.74, 6) is -0.0142. The molecule has 8 nitrogen and oxygen atoms in total. The highest BCUT2D eigenvalue weighted by atomic mass is 16.2. The Morgan fingerprint density at radius 3 is 2.68 bits per heavy atom. The molecule has 1 fully saturated rings. The summed E-state index contributed by atoms with van der Waals surface area (Å²) >= 11 is 0. The zero-order valence-corrected chi connectivity index (χ0v) is 18.5. The summed E-state index contributed by atoms with van der Waals surface area (Å²) in [6, 6.07) is 4.00. The van der Waals surface area contributed by atoms with Crippen LogP contribution in [0.1, 0.15) is 71.8 Å². The number of benzene rings is 1. The fraction of sp³-hybridized carbons (Fsp3) is 0.478. The number of aromatic nitrogens is 4. The minimum Gasteiger partial charge on any atom is -0.345 e. The van der Waals surface area contributed by atoms with E-state index in [1.807, 2.05) is 50.9 Å². The molecule has 0 bridgehead atoms. The lowest BCUT2D eigenvalue weighted by Gasteiger charge is -2.44. The van der Waals surface area contributed by atoms with Crippen molar-refractivity contribution in [2.24, 2.45) is 0 Å². The van der Waals surface area contributed by atoms with Crippen LogP contribution in [0.5, 0.6) is 0 Å². The first-order valence-electron chi connectivity index (χ1n) is 10.9. The quantitative estimate of drug-likeness (QED) is 0.663. The van der Waals surface area contributed by atoms with Gasteiger partial charge < -0.3 is 10.2 Å². The second-order valence-corrected chi connectivity index (χ2v) is 9.30. The second-order valence-electron chi connectivity index (χ2n) is 9.30. The lowest BCUT2D eigenvalue weighted by atomic mass is 9.79. The Balaban J connectivity index is 0.00000245. The number of rotatable bonds is 2. The van der Waals surface area contributed by atoms with Gasteiger partial charge in [0.1, 0.15) is 5.69 Å². The van der Waals surface area contributed by atoms with Gasteiger partial charge in [-0.1, -0.05) is 0 Å². The standard InChI is InChI=1S/C23H28N6O2.H2/c1-13(2)29-20-17(12-24-29)11-23(25-21(20)30)5-7-28(8-6-23)22(31)16-9-14(3)19-18(10-16)15(4)26-27-19;/h9-10,12-13H,5-8,11H2,1-4H3,(H,25,30)(H,26,27);1H. The normalized spacial score (nSPS) is 18.0. The van der Waals surface area contributed by atoms with E-state index in [4.69, 9.17) is 0 Å². The monoisotopic (exact) mass is 422 g/mol. The molecule has 31 heavy (non-hydrogen) atoms. The van der Waals surface area contributed by atoms with Gasteiger partial charge in [0.05, 0.1) is 11.7 Å². The minimum absolute atomic E-state index is 0. The first kappa shape index (κ1) is 19.8. The van der Waals surface area contributed by atoms with E-state index in [2.05, 4.69) is 20.6 Å². The van der Waals surface area contributed by atoms with E-state index in [1.54, 1.807) is 4.68 Å². The number of nitrogens with zero attached hydrogens (tertiary/aromatic N) is 4. The van der Waals surface area contributed by atoms with Gasteiger partial charge in [-0.3, -0.25) is 19.4 Å². The molecule has 2 aliphatic heterocycles. The van der Waals surface area contributed by atoms with E-state index in [0.717, 1.165) is 47.0 Å². The lowest BCUT2D eigenvalue weighted by molar-refractivity contribution is 0.0603. The van der Waals surface area contributed by atoms with Crippen molar-refractivity contribution < 1.29 is 11.0 Å². The third-order valence-corrected chi connectivity index (χ3v) is 6.78. The average molecular weight is 423 g/mol. The van der Waals surface area contributed by atoms with Crippen LogP contribution in [0.3, 0.4) is 0 Å². The number of H-pyrrole nitrogens is 1. The molecule has 0 unspecified atom stereocenters. The summed E-state index contributed by atoms with van der Waals surface area (Å²) in [6.07, 6.45) is 4.08. The maximum absolute atomic E-state index is 13.2. The number of aryl methyl sites for hydroxylation is 2. The number of hydrogen-bond donors (Lipinski definition) is 2. The van der Waals surface area contributed by atoms with Crippen LogP contribution in [-0.2, 0) is 6.42 Å². The molecule has 0 radical (unpaired) electrons. The van der Waals surface area contributed by atoms with E-state index < -0.39 is 0 Å². The van der Waals surface area contributed by atoms with Crippen LogP contribution >= 0.6 is 0 Å². The zero-order valence-electron chi connectivity index (χ0n) is 18.5. The summed E-state index contributed by atoms with van der Waals surface area (Å²) in [7, 11) is 0. The first-order valence-corrected chi connectivity index (χ1v) is 10.9. The molecule has 2 aliphatic rings. The number of fused-ring (bicyclic) bond motifs is 2. The van der Waals surface area contributed by atoms with E-state index in [-0.39, 0.29) is 24.8 Å². The van der Waals surface area contributed by atoms with Crippen molar-refractivity contribution in [1.29, 1.82) is 0 Å². The fourth-order valence-electron chi connectivity index (χ4n) is 5.04. The summed E-state index contributed by atoms with van der Waals surface area (Å²) in [4.78, 5) is 28.0. The Morgan fingerprint density at radius 1 is 1.23 bits per heavy atom. The van der Waals surface area contributed by atoms with Crippen LogP contribution in [0.25, 0.3) is 10.9 Å². The Kier molecular flexibility index (Phi) is 4.42. The maximum Gasteiger partial charge on any atom is 0.270 e. The van der Waals surface area contributed by atoms with Crippen LogP contribution in [0, 0.1) is 13.8 Å². The molecular weight excluding hydrogens is 392 g/mol. The Hall–Kier alpha value is -3.16. The van der Waals surface area contributed by atoms with Crippen molar-refractivity contribution in [1.82, 2.24) is 30.2 Å². The Morgan fingerprint density at radius 2 is 1.97 bits per heavy atom. The summed E-state index contributed by atoms with van der Waals surface area (Å²) in [5.41, 5.74) is 4.95. The van der Waals surface area contributed by atoms with Gasteiger partial charge in [-0.05, 0) is 64.7 Å². The van der Waals surface area contributed by atoms with Gasteiger partial charge in [-0.15, -0.1) is 0 Å². The molecule has 164 valence electrons. The summed E-state index contributed by atoms with van der Waals surface area (Å²) in [5, 5.41) is 16.0. The van der Waals surface area contributed by atoms with E-state index in [1.165, 1.54) is 0 Å². The molecule has 0 atom stereocenters. The van der Waals surface area contributed by atoms with Crippen LogP contribution in [-0.4, -0.2) is 55.3 Å². The van der Waals surface area contributed by atoms with Gasteiger partial charge in [0.25, 0.3) is 11.8 Å². The van der Waals surface area contributed by atoms with Gasteiger partial charge in [0.15, 0.2) is 0 Å². The largest absolute Gasteiger partial charge is 0.345 e. The Bertz CT molecular complexity index is 1200. The lowest BCUT2D eigenvalue weighted by Crippen LogP contribution is -2.59. The zero-order chi connectivity index (χ0) is 21.9. The molecule has 1 aromatic carbocycles. The molecule has 4 heterocycles. The highest BCUT2D eigenvalue weighted by molar-refractivity contribution is 5.99. The molecule has 5 rings (SSSR count). The van der Waals surface area contributed by atoms with Gasteiger partial charge >= 0.3 is 0 Å². The minimum atomic E-state index is -0.299. The number of likely N-dealkylation sites (tertiary alicyclic amines) is 1. The van der Waals surface area contributed by atoms with Crippen molar-refractivity contribution in [2.75, 3.05) is 13.1 Å². The van der Waals surface area contributed by atoms with Crippen LogP contribution in [0.4, 0.5) is 0 Å². The number of aromatic amines is 1. The predicted octanol–water partition coefficient (Wildman–Crippen LogP) is 3.16. The van der Waals surface area contributed by atoms with Crippen molar-refractivity contribution in [3.63, 3.8) is 0 Å². The van der Waals surface area contributed by atoms with Gasteiger partial charge in [-0.25, -0.2) is 0 Å². The number of carbonyl (C=O) groups excluding carboxylic acids is 2.